The van der Waals surface area contributed by atoms with Crippen LogP contribution in [-0.2, 0) is 4.74 Å². The SMILES string of the molecule is CC(C)OCCCNC(=O)c1ccc(Cl)c(Br)c1. The van der Waals surface area contributed by atoms with E-state index >= 15 is 0 Å². The third-order valence-corrected chi connectivity index (χ3v) is 3.45. The van der Waals surface area contributed by atoms with Crippen molar-refractivity contribution in [1.29, 1.82) is 0 Å². The molecule has 18 heavy (non-hydrogen) atoms. The summed E-state index contributed by atoms with van der Waals surface area (Å²) in [5, 5.41) is 3.43. The molecular formula is C13H17BrClNO2. The normalized spacial score (nSPS) is 10.7. The Labute approximate surface area is 121 Å². The largest absolute Gasteiger partial charge is 0.379 e. The van der Waals surface area contributed by atoms with Gasteiger partial charge in [0.05, 0.1) is 11.1 Å². The lowest BCUT2D eigenvalue weighted by Crippen LogP contribution is -2.25. The molecule has 3 nitrogen and oxygen atoms in total. The van der Waals surface area contributed by atoms with Gasteiger partial charge in [-0.15, -0.1) is 0 Å². The zero-order valence-corrected chi connectivity index (χ0v) is 12.8. The van der Waals surface area contributed by atoms with Crippen LogP contribution in [0.15, 0.2) is 22.7 Å². The molecule has 0 saturated carbocycles. The van der Waals surface area contributed by atoms with E-state index in [9.17, 15) is 4.79 Å². The molecule has 0 atom stereocenters. The van der Waals surface area contributed by atoms with Crippen LogP contribution in [0.1, 0.15) is 30.6 Å². The van der Waals surface area contributed by atoms with Crippen molar-refractivity contribution in [3.8, 4) is 0 Å². The van der Waals surface area contributed by atoms with E-state index in [2.05, 4.69) is 21.2 Å². The molecule has 0 radical (unpaired) electrons. The number of carbonyl (C=O) groups is 1. The Balaban J connectivity index is 2.34. The van der Waals surface area contributed by atoms with Crippen molar-refractivity contribution in [1.82, 2.24) is 5.32 Å². The van der Waals surface area contributed by atoms with Crippen LogP contribution in [0.4, 0.5) is 0 Å². The van der Waals surface area contributed by atoms with E-state index < -0.39 is 0 Å². The highest BCUT2D eigenvalue weighted by Crippen LogP contribution is 2.23. The molecule has 0 bridgehead atoms. The predicted octanol–water partition coefficient (Wildman–Crippen LogP) is 3.65. The van der Waals surface area contributed by atoms with E-state index in [-0.39, 0.29) is 12.0 Å². The van der Waals surface area contributed by atoms with Crippen LogP contribution in [0.5, 0.6) is 0 Å². The summed E-state index contributed by atoms with van der Waals surface area (Å²) in [6.45, 7) is 5.24. The van der Waals surface area contributed by atoms with Crippen LogP contribution < -0.4 is 5.32 Å². The summed E-state index contributed by atoms with van der Waals surface area (Å²) in [6.07, 6.45) is 1.03. The standard InChI is InChI=1S/C13H17BrClNO2/c1-9(2)18-7-3-6-16-13(17)10-4-5-12(15)11(14)8-10/h4-5,8-9H,3,6-7H2,1-2H3,(H,16,17). The van der Waals surface area contributed by atoms with Gasteiger partial charge in [0.15, 0.2) is 0 Å². The van der Waals surface area contributed by atoms with E-state index in [4.69, 9.17) is 16.3 Å². The topological polar surface area (TPSA) is 38.3 Å². The van der Waals surface area contributed by atoms with Crippen molar-refractivity contribution in [2.45, 2.75) is 26.4 Å². The van der Waals surface area contributed by atoms with Crippen LogP contribution in [0, 0.1) is 0 Å². The number of amides is 1. The maximum atomic E-state index is 11.8. The molecule has 1 aromatic carbocycles. The zero-order valence-electron chi connectivity index (χ0n) is 10.5. The first-order valence-electron chi connectivity index (χ1n) is 5.85. The quantitative estimate of drug-likeness (QED) is 0.807. The van der Waals surface area contributed by atoms with E-state index in [1.807, 2.05) is 13.8 Å². The third-order valence-electron chi connectivity index (χ3n) is 2.24. The minimum absolute atomic E-state index is 0.100. The van der Waals surface area contributed by atoms with Gasteiger partial charge in [-0.2, -0.15) is 0 Å². The van der Waals surface area contributed by atoms with Crippen molar-refractivity contribution >= 4 is 33.4 Å². The Morgan fingerprint density at radius 3 is 2.83 bits per heavy atom. The molecule has 0 heterocycles. The second-order valence-corrected chi connectivity index (χ2v) is 5.42. The lowest BCUT2D eigenvalue weighted by molar-refractivity contribution is 0.0757. The van der Waals surface area contributed by atoms with Crippen molar-refractivity contribution in [2.24, 2.45) is 0 Å². The molecular weight excluding hydrogens is 318 g/mol. The first kappa shape index (κ1) is 15.5. The van der Waals surface area contributed by atoms with Crippen LogP contribution in [0.2, 0.25) is 5.02 Å². The smallest absolute Gasteiger partial charge is 0.251 e. The zero-order chi connectivity index (χ0) is 13.5. The monoisotopic (exact) mass is 333 g/mol. The molecule has 0 aliphatic heterocycles. The van der Waals surface area contributed by atoms with Crippen LogP contribution in [0.3, 0.4) is 0 Å². The molecule has 0 fully saturated rings. The highest BCUT2D eigenvalue weighted by atomic mass is 79.9. The summed E-state index contributed by atoms with van der Waals surface area (Å²) in [7, 11) is 0. The molecule has 0 aliphatic rings. The fraction of sp³-hybridized carbons (Fsp3) is 0.462. The van der Waals surface area contributed by atoms with E-state index in [1.165, 1.54) is 0 Å². The van der Waals surface area contributed by atoms with Gasteiger partial charge in [0.2, 0.25) is 0 Å². The number of ether oxygens (including phenoxy) is 1. The average Bonchev–Trinajstić information content (AvgIpc) is 2.31. The first-order chi connectivity index (χ1) is 8.50. The number of benzene rings is 1. The number of hydrogen-bond donors (Lipinski definition) is 1. The second-order valence-electron chi connectivity index (χ2n) is 4.16. The highest BCUT2D eigenvalue weighted by molar-refractivity contribution is 9.10. The molecule has 0 aromatic heterocycles. The fourth-order valence-electron chi connectivity index (χ4n) is 1.33. The van der Waals surface area contributed by atoms with E-state index in [0.717, 1.165) is 10.9 Å². The van der Waals surface area contributed by atoms with Crippen molar-refractivity contribution in [2.75, 3.05) is 13.2 Å². The Morgan fingerprint density at radius 1 is 1.50 bits per heavy atom. The molecule has 5 heteroatoms. The summed E-state index contributed by atoms with van der Waals surface area (Å²) in [5.41, 5.74) is 0.594. The summed E-state index contributed by atoms with van der Waals surface area (Å²) in [4.78, 5) is 11.8. The number of nitrogens with one attached hydrogen (secondary N) is 1. The lowest BCUT2D eigenvalue weighted by atomic mass is 10.2. The third kappa shape index (κ3) is 5.38. The summed E-state index contributed by atoms with van der Waals surface area (Å²) < 4.78 is 6.11. The average molecular weight is 335 g/mol. The van der Waals surface area contributed by atoms with Gasteiger partial charge in [0.25, 0.3) is 5.91 Å². The van der Waals surface area contributed by atoms with Gasteiger partial charge in [-0.3, -0.25) is 4.79 Å². The number of carbonyl (C=O) groups excluding carboxylic acids is 1. The van der Waals surface area contributed by atoms with Crippen molar-refractivity contribution < 1.29 is 9.53 Å². The minimum atomic E-state index is -0.100. The molecule has 0 saturated heterocycles. The maximum absolute atomic E-state index is 11.8. The van der Waals surface area contributed by atoms with Gasteiger partial charge in [-0.1, -0.05) is 11.6 Å². The predicted molar refractivity (Wildman–Crippen MR) is 77.2 cm³/mol. The first-order valence-corrected chi connectivity index (χ1v) is 7.02. The summed E-state index contributed by atoms with van der Waals surface area (Å²) >= 11 is 9.16. The van der Waals surface area contributed by atoms with Crippen LogP contribution in [-0.4, -0.2) is 25.2 Å². The molecule has 1 N–H and O–H groups in total. The number of halogens is 2. The van der Waals surface area contributed by atoms with Gasteiger partial charge in [0.1, 0.15) is 0 Å². The molecule has 100 valence electrons. The molecule has 1 rings (SSSR count). The highest BCUT2D eigenvalue weighted by Gasteiger charge is 2.07. The molecule has 0 unspecified atom stereocenters. The Kier molecular flexibility index (Phi) is 6.68. The van der Waals surface area contributed by atoms with Crippen LogP contribution in [0.25, 0.3) is 0 Å². The molecule has 0 aliphatic carbocycles. The molecule has 1 amide bonds. The maximum Gasteiger partial charge on any atom is 0.251 e. The van der Waals surface area contributed by atoms with Gasteiger partial charge < -0.3 is 10.1 Å². The van der Waals surface area contributed by atoms with Crippen molar-refractivity contribution in [3.05, 3.63) is 33.3 Å². The fourth-order valence-corrected chi connectivity index (χ4v) is 1.83. The van der Waals surface area contributed by atoms with Gasteiger partial charge in [-0.25, -0.2) is 0 Å². The Hall–Kier alpha value is -0.580. The lowest BCUT2D eigenvalue weighted by Gasteiger charge is -2.08. The number of rotatable bonds is 6. The number of hydrogen-bond acceptors (Lipinski definition) is 2. The Bertz CT molecular complexity index is 410. The van der Waals surface area contributed by atoms with Crippen molar-refractivity contribution in [3.63, 3.8) is 0 Å². The van der Waals surface area contributed by atoms with Crippen LogP contribution >= 0.6 is 27.5 Å². The minimum Gasteiger partial charge on any atom is -0.379 e. The second kappa shape index (κ2) is 7.77. The summed E-state index contributed by atoms with van der Waals surface area (Å²) in [6, 6.07) is 5.11. The molecule has 0 spiro atoms. The van der Waals surface area contributed by atoms with Gasteiger partial charge in [-0.05, 0) is 54.4 Å². The van der Waals surface area contributed by atoms with Gasteiger partial charge in [0, 0.05) is 23.2 Å². The molecule has 1 aromatic rings. The van der Waals surface area contributed by atoms with E-state index in [0.29, 0.717) is 23.7 Å². The van der Waals surface area contributed by atoms with Gasteiger partial charge >= 0.3 is 0 Å². The van der Waals surface area contributed by atoms with E-state index in [1.54, 1.807) is 18.2 Å². The Morgan fingerprint density at radius 2 is 2.22 bits per heavy atom. The summed E-state index contributed by atoms with van der Waals surface area (Å²) in [5.74, 6) is -0.100.